The Morgan fingerprint density at radius 2 is 1.97 bits per heavy atom. The predicted octanol–water partition coefficient (Wildman–Crippen LogP) is 3.47. The molecule has 0 aliphatic heterocycles. The first-order valence-corrected chi connectivity index (χ1v) is 10.6. The number of amides is 1. The third-order valence-corrected chi connectivity index (χ3v) is 6.36. The standard InChI is InChI=1S/C20H16FN3O3S2/c21-12-5-7-13(8-6-12)22-16(26)11-28-20-23-17-14-3-1-2-4-15(14)29-18(17)19(27)24(20)9-10-25/h1-8,25H,9-11H2,(H,22,26). The summed E-state index contributed by atoms with van der Waals surface area (Å²) < 4.78 is 15.9. The molecule has 6 nitrogen and oxygen atoms in total. The largest absolute Gasteiger partial charge is 0.395 e. The summed E-state index contributed by atoms with van der Waals surface area (Å²) >= 11 is 2.49. The van der Waals surface area contributed by atoms with Crippen LogP contribution in [0.2, 0.25) is 0 Å². The van der Waals surface area contributed by atoms with Gasteiger partial charge >= 0.3 is 0 Å². The molecule has 2 aromatic heterocycles. The van der Waals surface area contributed by atoms with Crippen molar-refractivity contribution in [1.29, 1.82) is 0 Å². The topological polar surface area (TPSA) is 84.2 Å². The summed E-state index contributed by atoms with van der Waals surface area (Å²) in [7, 11) is 0. The highest BCUT2D eigenvalue weighted by molar-refractivity contribution is 7.99. The molecule has 0 saturated carbocycles. The van der Waals surface area contributed by atoms with E-state index in [4.69, 9.17) is 0 Å². The van der Waals surface area contributed by atoms with Crippen LogP contribution >= 0.6 is 23.1 Å². The molecule has 0 unspecified atom stereocenters. The van der Waals surface area contributed by atoms with Gasteiger partial charge in [-0.05, 0) is 30.3 Å². The number of fused-ring (bicyclic) bond motifs is 3. The minimum atomic E-state index is -0.383. The van der Waals surface area contributed by atoms with Gasteiger partial charge in [-0.15, -0.1) is 11.3 Å². The van der Waals surface area contributed by atoms with Crippen LogP contribution in [0.25, 0.3) is 20.3 Å². The number of nitrogens with one attached hydrogen (secondary N) is 1. The van der Waals surface area contributed by atoms with Gasteiger partial charge in [-0.25, -0.2) is 9.37 Å². The number of hydrogen-bond acceptors (Lipinski definition) is 6. The summed E-state index contributed by atoms with van der Waals surface area (Å²) in [4.78, 5) is 29.8. The van der Waals surface area contributed by atoms with Crippen molar-refractivity contribution in [2.75, 3.05) is 17.7 Å². The van der Waals surface area contributed by atoms with Gasteiger partial charge in [0.2, 0.25) is 5.91 Å². The molecule has 148 valence electrons. The Kier molecular flexibility index (Phi) is 5.61. The number of nitrogens with zero attached hydrogens (tertiary/aromatic N) is 2. The lowest BCUT2D eigenvalue weighted by atomic mass is 10.2. The van der Waals surface area contributed by atoms with Crippen molar-refractivity contribution in [3.8, 4) is 0 Å². The van der Waals surface area contributed by atoms with Crippen molar-refractivity contribution in [2.45, 2.75) is 11.7 Å². The van der Waals surface area contributed by atoms with Crippen LogP contribution in [0.5, 0.6) is 0 Å². The van der Waals surface area contributed by atoms with Gasteiger partial charge in [-0.1, -0.05) is 30.0 Å². The summed E-state index contributed by atoms with van der Waals surface area (Å²) in [5.74, 6) is -0.671. The summed E-state index contributed by atoms with van der Waals surface area (Å²) in [5, 5.41) is 13.3. The van der Waals surface area contributed by atoms with E-state index in [-0.39, 0.29) is 36.2 Å². The number of thiophene rings is 1. The molecule has 0 radical (unpaired) electrons. The highest BCUT2D eigenvalue weighted by Crippen LogP contribution is 2.31. The molecule has 0 aliphatic rings. The number of halogens is 1. The number of aromatic nitrogens is 2. The third-order valence-electron chi connectivity index (χ3n) is 4.23. The highest BCUT2D eigenvalue weighted by atomic mass is 32.2. The zero-order chi connectivity index (χ0) is 20.4. The Morgan fingerprint density at radius 3 is 2.72 bits per heavy atom. The number of thioether (sulfide) groups is 1. The molecule has 2 aromatic carbocycles. The quantitative estimate of drug-likeness (QED) is 0.362. The van der Waals surface area contributed by atoms with E-state index in [9.17, 15) is 19.1 Å². The summed E-state index contributed by atoms with van der Waals surface area (Å²) in [6, 6.07) is 13.1. The number of aliphatic hydroxyl groups is 1. The minimum absolute atomic E-state index is 0.0167. The van der Waals surface area contributed by atoms with Gasteiger partial charge in [-0.3, -0.25) is 14.2 Å². The molecular formula is C20H16FN3O3S2. The van der Waals surface area contributed by atoms with Crippen molar-refractivity contribution in [3.63, 3.8) is 0 Å². The van der Waals surface area contributed by atoms with Crippen LogP contribution in [0, 0.1) is 5.82 Å². The maximum atomic E-state index is 13.0. The molecule has 0 bridgehead atoms. The highest BCUT2D eigenvalue weighted by Gasteiger charge is 2.17. The molecule has 0 spiro atoms. The molecule has 2 N–H and O–H groups in total. The number of carbonyl (C=O) groups is 1. The zero-order valence-corrected chi connectivity index (χ0v) is 16.7. The lowest BCUT2D eigenvalue weighted by Crippen LogP contribution is -2.25. The van der Waals surface area contributed by atoms with Crippen LogP contribution in [-0.2, 0) is 11.3 Å². The number of rotatable bonds is 6. The van der Waals surface area contributed by atoms with Crippen LogP contribution in [0.4, 0.5) is 10.1 Å². The van der Waals surface area contributed by atoms with E-state index in [0.717, 1.165) is 21.8 Å². The Bertz CT molecular complexity index is 1250. The molecule has 1 amide bonds. The minimum Gasteiger partial charge on any atom is -0.395 e. The van der Waals surface area contributed by atoms with Gasteiger partial charge < -0.3 is 10.4 Å². The van der Waals surface area contributed by atoms with Crippen LogP contribution in [0.3, 0.4) is 0 Å². The number of hydrogen-bond donors (Lipinski definition) is 2. The lowest BCUT2D eigenvalue weighted by Gasteiger charge is -2.11. The normalized spacial score (nSPS) is 11.2. The van der Waals surface area contributed by atoms with E-state index in [2.05, 4.69) is 10.3 Å². The first kappa shape index (κ1) is 19.6. The maximum Gasteiger partial charge on any atom is 0.272 e. The van der Waals surface area contributed by atoms with Crippen LogP contribution in [0.15, 0.2) is 58.5 Å². The Hall–Kier alpha value is -2.75. The molecule has 4 rings (SSSR count). The summed E-state index contributed by atoms with van der Waals surface area (Å²) in [6.45, 7) is -0.120. The van der Waals surface area contributed by atoms with Crippen LogP contribution in [-0.4, -0.2) is 32.9 Å². The average Bonchev–Trinajstić information content (AvgIpc) is 3.09. The smallest absolute Gasteiger partial charge is 0.272 e. The van der Waals surface area contributed by atoms with Crippen molar-refractivity contribution < 1.29 is 14.3 Å². The number of benzene rings is 2. The van der Waals surface area contributed by atoms with Crippen molar-refractivity contribution in [2.24, 2.45) is 0 Å². The van der Waals surface area contributed by atoms with E-state index < -0.39 is 0 Å². The number of carbonyl (C=O) groups excluding carboxylic acids is 1. The van der Waals surface area contributed by atoms with Crippen LogP contribution in [0.1, 0.15) is 0 Å². The van der Waals surface area contributed by atoms with Gasteiger partial charge in [-0.2, -0.15) is 0 Å². The van der Waals surface area contributed by atoms with Gasteiger partial charge in [0.15, 0.2) is 5.16 Å². The van der Waals surface area contributed by atoms with Gasteiger partial charge in [0.1, 0.15) is 10.5 Å². The second-order valence-corrected chi connectivity index (χ2v) is 8.19. The second kappa shape index (κ2) is 8.32. The molecule has 4 aromatic rings. The predicted molar refractivity (Wildman–Crippen MR) is 114 cm³/mol. The summed E-state index contributed by atoms with van der Waals surface area (Å²) in [5.41, 5.74) is 0.856. The monoisotopic (exact) mass is 429 g/mol. The fourth-order valence-corrected chi connectivity index (χ4v) is 4.83. The molecule has 0 aliphatic carbocycles. The lowest BCUT2D eigenvalue weighted by molar-refractivity contribution is -0.113. The fourth-order valence-electron chi connectivity index (χ4n) is 2.92. The second-order valence-electron chi connectivity index (χ2n) is 6.19. The maximum absolute atomic E-state index is 13.0. The molecule has 2 heterocycles. The number of anilines is 1. The molecule has 0 fully saturated rings. The van der Waals surface area contributed by atoms with Crippen molar-refractivity contribution in [3.05, 3.63) is 64.7 Å². The van der Waals surface area contributed by atoms with E-state index in [0.29, 0.717) is 21.1 Å². The molecule has 29 heavy (non-hydrogen) atoms. The average molecular weight is 429 g/mol. The van der Waals surface area contributed by atoms with E-state index in [1.54, 1.807) is 0 Å². The van der Waals surface area contributed by atoms with E-state index in [1.165, 1.54) is 40.2 Å². The van der Waals surface area contributed by atoms with Gasteiger partial charge in [0.05, 0.1) is 24.4 Å². The van der Waals surface area contributed by atoms with E-state index in [1.807, 2.05) is 24.3 Å². The molecule has 0 saturated heterocycles. The first-order valence-electron chi connectivity index (χ1n) is 8.78. The third kappa shape index (κ3) is 4.02. The van der Waals surface area contributed by atoms with Gasteiger partial charge in [0.25, 0.3) is 5.56 Å². The summed E-state index contributed by atoms with van der Waals surface area (Å²) in [6.07, 6.45) is 0. The van der Waals surface area contributed by atoms with Crippen molar-refractivity contribution >= 4 is 55.0 Å². The Morgan fingerprint density at radius 1 is 1.21 bits per heavy atom. The first-order chi connectivity index (χ1) is 14.1. The van der Waals surface area contributed by atoms with E-state index >= 15 is 0 Å². The van der Waals surface area contributed by atoms with Crippen LogP contribution < -0.4 is 10.9 Å². The Labute approximate surface area is 173 Å². The Balaban J connectivity index is 1.63. The molecule has 9 heteroatoms. The fraction of sp³-hybridized carbons (Fsp3) is 0.150. The molecular weight excluding hydrogens is 413 g/mol. The SMILES string of the molecule is O=C(CSc1nc2c(sc3ccccc32)c(=O)n1CCO)Nc1ccc(F)cc1. The van der Waals surface area contributed by atoms with Gasteiger partial charge in [0, 0.05) is 15.8 Å². The number of aliphatic hydroxyl groups excluding tert-OH is 1. The zero-order valence-electron chi connectivity index (χ0n) is 15.1. The van der Waals surface area contributed by atoms with Crippen molar-refractivity contribution in [1.82, 2.24) is 9.55 Å². The molecule has 0 atom stereocenters.